The number of hydrogen-bond donors (Lipinski definition) is 1. The number of halogens is 1. The van der Waals surface area contributed by atoms with Gasteiger partial charge in [0.1, 0.15) is 17.4 Å². The maximum absolute atomic E-state index is 14.0. The summed E-state index contributed by atoms with van der Waals surface area (Å²) in [6.45, 7) is 6.85. The molecule has 0 spiro atoms. The van der Waals surface area contributed by atoms with Crippen LogP contribution in [0.1, 0.15) is 23.8 Å². The fourth-order valence-corrected chi connectivity index (χ4v) is 8.11. The quantitative estimate of drug-likeness (QED) is 0.252. The lowest BCUT2D eigenvalue weighted by Crippen LogP contribution is -2.63. The third kappa shape index (κ3) is 6.73. The van der Waals surface area contributed by atoms with Crippen LogP contribution in [-0.4, -0.2) is 111 Å². The first-order chi connectivity index (χ1) is 20.6. The number of aromatic amines is 1. The Hall–Kier alpha value is -3.03. The summed E-state index contributed by atoms with van der Waals surface area (Å²) in [6, 6.07) is 8.25. The van der Waals surface area contributed by atoms with E-state index in [4.69, 9.17) is 16.3 Å². The molecule has 43 heavy (non-hydrogen) atoms. The molecule has 11 nitrogen and oxygen atoms in total. The van der Waals surface area contributed by atoms with Crippen molar-refractivity contribution in [3.63, 3.8) is 0 Å². The Bertz CT molecular complexity index is 1540. The Kier molecular flexibility index (Phi) is 9.72. The summed E-state index contributed by atoms with van der Waals surface area (Å²) in [5, 5.41) is 0.391. The van der Waals surface area contributed by atoms with Crippen molar-refractivity contribution in [1.82, 2.24) is 24.2 Å². The van der Waals surface area contributed by atoms with E-state index >= 15 is 0 Å². The predicted molar refractivity (Wildman–Crippen MR) is 170 cm³/mol. The fraction of sp³-hybridized carbons (Fsp3) is 0.500. The van der Waals surface area contributed by atoms with Crippen LogP contribution in [0.4, 0.5) is 11.8 Å². The number of anilines is 2. The molecule has 2 fully saturated rings. The maximum atomic E-state index is 14.0. The molecule has 1 aromatic carbocycles. The van der Waals surface area contributed by atoms with Gasteiger partial charge in [-0.1, -0.05) is 17.7 Å². The average molecular weight is 630 g/mol. The van der Waals surface area contributed by atoms with Crippen molar-refractivity contribution < 1.29 is 17.9 Å². The smallest absolute Gasteiger partial charge is 0.226 e. The highest BCUT2D eigenvalue weighted by atomic mass is 35.5. The zero-order chi connectivity index (χ0) is 30.7. The van der Waals surface area contributed by atoms with E-state index in [0.717, 1.165) is 48.9 Å². The molecule has 2 saturated heterocycles. The normalized spacial score (nSPS) is 21.6. The van der Waals surface area contributed by atoms with Crippen molar-refractivity contribution in [3.8, 4) is 0 Å². The van der Waals surface area contributed by atoms with Gasteiger partial charge in [0.15, 0.2) is 0 Å². The van der Waals surface area contributed by atoms with Crippen molar-refractivity contribution in [2.45, 2.75) is 30.2 Å². The third-order valence-electron chi connectivity index (χ3n) is 8.46. The molecular weight excluding hydrogens is 590 g/mol. The molecule has 2 aromatic heterocycles. The number of sulfonamides is 1. The van der Waals surface area contributed by atoms with Crippen molar-refractivity contribution in [2.24, 2.45) is 5.92 Å². The SMILES string of the molecule is C=CC(c1cc2cc(Cl)ccc2[nH]1)S(=O)(=O)N1CC(C=O)N(CC2CCN(c3ccnc(N(C)C)n3)CC2)C(COC)C1. The molecule has 0 saturated carbocycles. The van der Waals surface area contributed by atoms with Gasteiger partial charge in [-0.15, -0.1) is 6.58 Å². The van der Waals surface area contributed by atoms with E-state index in [2.05, 4.69) is 31.3 Å². The number of rotatable bonds is 11. The number of nitrogens with zero attached hydrogens (tertiary/aromatic N) is 6. The Balaban J connectivity index is 1.29. The second kappa shape index (κ2) is 13.3. The molecule has 0 bridgehead atoms. The topological polar surface area (TPSA) is 115 Å². The number of aromatic nitrogens is 3. The Morgan fingerprint density at radius 3 is 2.65 bits per heavy atom. The van der Waals surface area contributed by atoms with E-state index in [0.29, 0.717) is 35.7 Å². The van der Waals surface area contributed by atoms with Crippen molar-refractivity contribution in [1.29, 1.82) is 0 Å². The number of carbonyl (C=O) groups excluding carboxylic acids is 1. The van der Waals surface area contributed by atoms with Gasteiger partial charge in [0.25, 0.3) is 0 Å². The van der Waals surface area contributed by atoms with E-state index in [9.17, 15) is 13.2 Å². The molecule has 3 unspecified atom stereocenters. The zero-order valence-corrected chi connectivity index (χ0v) is 26.5. The van der Waals surface area contributed by atoms with E-state index in [-0.39, 0.29) is 19.1 Å². The van der Waals surface area contributed by atoms with Crippen LogP contribution < -0.4 is 9.80 Å². The van der Waals surface area contributed by atoms with Gasteiger partial charge in [0.05, 0.1) is 12.6 Å². The van der Waals surface area contributed by atoms with Gasteiger partial charge < -0.3 is 24.3 Å². The lowest BCUT2D eigenvalue weighted by molar-refractivity contribution is -0.116. The molecule has 4 heterocycles. The number of benzene rings is 1. The Labute approximate surface area is 258 Å². The molecule has 0 radical (unpaired) electrons. The van der Waals surface area contributed by atoms with Crippen molar-refractivity contribution in [3.05, 3.63) is 59.9 Å². The summed E-state index contributed by atoms with van der Waals surface area (Å²) >= 11 is 6.15. The summed E-state index contributed by atoms with van der Waals surface area (Å²) in [6.07, 6.45) is 5.97. The minimum Gasteiger partial charge on any atom is -0.383 e. The molecule has 2 aliphatic heterocycles. The summed E-state index contributed by atoms with van der Waals surface area (Å²) in [7, 11) is 1.55. The van der Waals surface area contributed by atoms with E-state index in [1.54, 1.807) is 31.5 Å². The number of hydrogen-bond acceptors (Lipinski definition) is 9. The molecule has 3 atom stereocenters. The summed E-state index contributed by atoms with van der Waals surface area (Å²) < 4.78 is 35.0. The van der Waals surface area contributed by atoms with Gasteiger partial charge in [-0.3, -0.25) is 4.90 Å². The average Bonchev–Trinajstić information content (AvgIpc) is 3.41. The molecule has 13 heteroatoms. The largest absolute Gasteiger partial charge is 0.383 e. The molecule has 1 N–H and O–H groups in total. The third-order valence-corrected chi connectivity index (χ3v) is 10.8. The lowest BCUT2D eigenvalue weighted by Gasteiger charge is -2.46. The molecule has 0 aliphatic carbocycles. The summed E-state index contributed by atoms with van der Waals surface area (Å²) in [4.78, 5) is 31.0. The number of carbonyl (C=O) groups is 1. The van der Waals surface area contributed by atoms with E-state index in [1.807, 2.05) is 31.1 Å². The van der Waals surface area contributed by atoms with Crippen LogP contribution in [0.3, 0.4) is 0 Å². The standard InChI is InChI=1S/C30H40ClN7O4S/c1-5-28(27-15-22-14-23(31)6-7-26(22)33-27)43(40,41)37-17-24(19-39)38(25(18-37)20-42-4)16-21-9-12-36(13-10-21)29-8-11-32-30(34-29)35(2)3/h5-8,11,14-15,19,21,24-25,28,33H,1,9-10,12-13,16-18,20H2,2-4H3. The molecule has 3 aromatic rings. The Morgan fingerprint density at radius 1 is 1.21 bits per heavy atom. The fourth-order valence-electron chi connectivity index (χ4n) is 6.18. The van der Waals surface area contributed by atoms with Gasteiger partial charge in [0.2, 0.25) is 16.0 Å². The van der Waals surface area contributed by atoms with E-state index in [1.165, 1.54) is 10.4 Å². The molecule has 2 aliphatic rings. The van der Waals surface area contributed by atoms with Gasteiger partial charge >= 0.3 is 0 Å². The minimum atomic E-state index is -3.90. The number of fused-ring (bicyclic) bond motifs is 1. The second-order valence-electron chi connectivity index (χ2n) is 11.5. The number of piperidine rings is 1. The van der Waals surface area contributed by atoms with Crippen molar-refractivity contribution >= 4 is 50.6 Å². The number of H-pyrrole nitrogens is 1. The lowest BCUT2D eigenvalue weighted by atomic mass is 9.94. The molecule has 232 valence electrons. The van der Waals surface area contributed by atoms with Crippen LogP contribution in [0, 0.1) is 5.92 Å². The number of nitrogens with one attached hydrogen (secondary N) is 1. The highest BCUT2D eigenvalue weighted by Crippen LogP contribution is 2.33. The zero-order valence-electron chi connectivity index (χ0n) is 24.9. The van der Waals surface area contributed by atoms with Crippen LogP contribution in [0.25, 0.3) is 10.9 Å². The number of ether oxygens (including phenoxy) is 1. The highest BCUT2D eigenvalue weighted by molar-refractivity contribution is 7.89. The van der Waals surface area contributed by atoms with Gasteiger partial charge in [0, 0.05) is 87.8 Å². The molecular formula is C30H40ClN7O4S. The second-order valence-corrected chi connectivity index (χ2v) is 14.0. The van der Waals surface area contributed by atoms with Crippen molar-refractivity contribution in [2.75, 3.05) is 70.3 Å². The predicted octanol–water partition coefficient (Wildman–Crippen LogP) is 3.35. The molecule has 0 amide bonds. The van der Waals surface area contributed by atoms with Gasteiger partial charge in [-0.05, 0) is 49.1 Å². The Morgan fingerprint density at radius 2 is 1.98 bits per heavy atom. The number of piperazine rings is 1. The maximum Gasteiger partial charge on any atom is 0.226 e. The van der Waals surface area contributed by atoms with Crippen LogP contribution in [0.5, 0.6) is 0 Å². The summed E-state index contributed by atoms with van der Waals surface area (Å²) in [5.41, 5.74) is 1.30. The van der Waals surface area contributed by atoms with Crippen LogP contribution >= 0.6 is 11.6 Å². The van der Waals surface area contributed by atoms with Crippen LogP contribution in [0.2, 0.25) is 5.02 Å². The first-order valence-electron chi connectivity index (χ1n) is 14.5. The van der Waals surface area contributed by atoms with Crippen LogP contribution in [-0.2, 0) is 19.6 Å². The van der Waals surface area contributed by atoms with Crippen LogP contribution in [0.15, 0.2) is 49.2 Å². The van der Waals surface area contributed by atoms with Gasteiger partial charge in [-0.2, -0.15) is 9.29 Å². The first-order valence-corrected chi connectivity index (χ1v) is 16.4. The summed E-state index contributed by atoms with van der Waals surface area (Å²) in [5.74, 6) is 1.95. The van der Waals surface area contributed by atoms with E-state index < -0.39 is 21.3 Å². The number of methoxy groups -OCH3 is 1. The first kappa shape index (κ1) is 31.4. The highest BCUT2D eigenvalue weighted by Gasteiger charge is 2.43. The molecule has 5 rings (SSSR count). The van der Waals surface area contributed by atoms with Gasteiger partial charge in [-0.25, -0.2) is 13.4 Å². The number of aldehydes is 1. The minimum absolute atomic E-state index is 0.0789. The monoisotopic (exact) mass is 629 g/mol.